The van der Waals surface area contributed by atoms with Crippen LogP contribution in [0.3, 0.4) is 0 Å². The van der Waals surface area contributed by atoms with Gasteiger partial charge >= 0.3 is 0 Å². The number of fused-ring (bicyclic) bond motifs is 1. The summed E-state index contributed by atoms with van der Waals surface area (Å²) < 4.78 is 1.96. The van der Waals surface area contributed by atoms with Gasteiger partial charge in [0, 0.05) is 34.8 Å². The Morgan fingerprint density at radius 3 is 2.15 bits per heavy atom. The van der Waals surface area contributed by atoms with Gasteiger partial charge in [-0.2, -0.15) is 4.58 Å². The Labute approximate surface area is 152 Å². The minimum atomic E-state index is 0.00158. The van der Waals surface area contributed by atoms with Crippen molar-refractivity contribution in [1.29, 1.82) is 0 Å². The molecule has 0 fully saturated rings. The number of nitrogens with zero attached hydrogens (tertiary/aromatic N) is 1. The van der Waals surface area contributed by atoms with Crippen molar-refractivity contribution >= 4 is 28.1 Å². The Morgan fingerprint density at radius 2 is 1.42 bits per heavy atom. The summed E-state index contributed by atoms with van der Waals surface area (Å²) >= 11 is 0. The molecule has 0 aliphatic rings. The second-order valence-electron chi connectivity index (χ2n) is 6.19. The predicted molar refractivity (Wildman–Crippen MR) is 105 cm³/mol. The maximum Gasteiger partial charge on any atom is 0.263 e. The summed E-state index contributed by atoms with van der Waals surface area (Å²) in [4.78, 5) is 16.7. The van der Waals surface area contributed by atoms with Crippen molar-refractivity contribution < 1.29 is 9.37 Å². The van der Waals surface area contributed by atoms with Gasteiger partial charge in [0.05, 0.1) is 5.56 Å². The number of para-hydroxylation sites is 2. The number of aromatic nitrogens is 1. The third kappa shape index (κ3) is 2.84. The van der Waals surface area contributed by atoms with Gasteiger partial charge in [-0.25, -0.2) is 0 Å². The molecule has 0 amide bonds. The molecule has 4 rings (SSSR count). The fourth-order valence-electron chi connectivity index (χ4n) is 3.23. The number of aromatic amines is 1. The normalized spacial score (nSPS) is 12.0. The van der Waals surface area contributed by atoms with Crippen LogP contribution in [0, 0.1) is 0 Å². The molecule has 126 valence electrons. The zero-order chi connectivity index (χ0) is 17.9. The van der Waals surface area contributed by atoms with Crippen LogP contribution in [0.5, 0.6) is 0 Å². The summed E-state index contributed by atoms with van der Waals surface area (Å²) in [5.74, 6) is 0.00158. The molecule has 0 atom stereocenters. The third-order valence-electron chi connectivity index (χ3n) is 4.57. The molecule has 0 saturated heterocycles. The first kappa shape index (κ1) is 16.0. The first-order valence-electron chi connectivity index (χ1n) is 8.57. The molecule has 0 aliphatic carbocycles. The van der Waals surface area contributed by atoms with Gasteiger partial charge in [0.1, 0.15) is 7.05 Å². The zero-order valence-corrected chi connectivity index (χ0v) is 14.5. The highest BCUT2D eigenvalue weighted by Crippen LogP contribution is 2.22. The van der Waals surface area contributed by atoms with Crippen LogP contribution < -0.4 is 0 Å². The Morgan fingerprint density at radius 1 is 0.808 bits per heavy atom. The lowest BCUT2D eigenvalue weighted by molar-refractivity contribution is -0.402. The fraction of sp³-hybridized carbons (Fsp3) is 0.0435. The second kappa shape index (κ2) is 6.81. The quantitative estimate of drug-likeness (QED) is 0.323. The molecule has 3 aromatic carbocycles. The standard InChI is InChI=1S/C23H18N2O/c1-25(18-12-6-3-7-13-18)22(23(26)17-10-4-2-5-11-17)20-16-24-21-15-9-8-14-19(20)21/h2-16H,1H3/p+1. The molecular formula is C23H19N2O+. The minimum Gasteiger partial charge on any atom is -0.360 e. The number of hydrogen-bond donors (Lipinski definition) is 1. The first-order valence-corrected chi connectivity index (χ1v) is 8.57. The van der Waals surface area contributed by atoms with Gasteiger partial charge in [-0.05, 0) is 6.07 Å². The molecule has 0 radical (unpaired) electrons. The number of Topliss-reactive ketones (excluding diaryl/α,β-unsaturated/α-hetero) is 1. The number of carbonyl (C=O) groups excluding carboxylic acids is 1. The lowest BCUT2D eigenvalue weighted by Gasteiger charge is -2.06. The van der Waals surface area contributed by atoms with Crippen molar-refractivity contribution in [2.24, 2.45) is 0 Å². The molecule has 0 aliphatic heterocycles. The van der Waals surface area contributed by atoms with Crippen molar-refractivity contribution in [3.8, 4) is 0 Å². The predicted octanol–water partition coefficient (Wildman–Crippen LogP) is 4.81. The molecule has 0 spiro atoms. The SMILES string of the molecule is C[N+](=C(C(=O)c1ccccc1)c1c[nH]c2ccccc12)c1ccccc1. The number of carbonyl (C=O) groups is 1. The maximum atomic E-state index is 13.4. The topological polar surface area (TPSA) is 35.9 Å². The van der Waals surface area contributed by atoms with Crippen LogP contribution in [0.2, 0.25) is 0 Å². The van der Waals surface area contributed by atoms with E-state index < -0.39 is 0 Å². The number of rotatable bonds is 4. The molecule has 0 bridgehead atoms. The highest BCUT2D eigenvalue weighted by Gasteiger charge is 2.28. The molecule has 1 heterocycles. The van der Waals surface area contributed by atoms with Crippen LogP contribution in [0.15, 0.2) is 91.1 Å². The second-order valence-corrected chi connectivity index (χ2v) is 6.19. The number of nitrogens with one attached hydrogen (secondary N) is 1. The van der Waals surface area contributed by atoms with Gasteiger partial charge < -0.3 is 4.98 Å². The Bertz CT molecular complexity index is 1090. The van der Waals surface area contributed by atoms with Gasteiger partial charge in [0.25, 0.3) is 11.5 Å². The summed E-state index contributed by atoms with van der Waals surface area (Å²) in [6.45, 7) is 0. The van der Waals surface area contributed by atoms with E-state index in [4.69, 9.17) is 0 Å². The van der Waals surface area contributed by atoms with Gasteiger partial charge in [-0.15, -0.1) is 0 Å². The van der Waals surface area contributed by atoms with E-state index in [1.165, 1.54) is 0 Å². The van der Waals surface area contributed by atoms with Gasteiger partial charge in [0.15, 0.2) is 0 Å². The lowest BCUT2D eigenvalue weighted by Crippen LogP contribution is -2.24. The largest absolute Gasteiger partial charge is 0.360 e. The fourth-order valence-corrected chi connectivity index (χ4v) is 3.23. The summed E-state index contributed by atoms with van der Waals surface area (Å²) in [5, 5.41) is 1.04. The van der Waals surface area contributed by atoms with Gasteiger partial charge in [-0.1, -0.05) is 66.7 Å². The monoisotopic (exact) mass is 339 g/mol. The summed E-state index contributed by atoms with van der Waals surface area (Å²) in [6, 6.07) is 27.4. The average molecular weight is 339 g/mol. The maximum absolute atomic E-state index is 13.4. The molecule has 0 saturated carbocycles. The van der Waals surface area contributed by atoms with Gasteiger partial charge in [-0.3, -0.25) is 4.79 Å². The summed E-state index contributed by atoms with van der Waals surface area (Å²) in [5.41, 5.74) is 4.22. The van der Waals surface area contributed by atoms with E-state index in [2.05, 4.69) is 4.98 Å². The molecule has 3 nitrogen and oxygen atoms in total. The van der Waals surface area contributed by atoms with Crippen molar-refractivity contribution in [2.45, 2.75) is 0 Å². The van der Waals surface area contributed by atoms with Crippen molar-refractivity contribution in [1.82, 2.24) is 4.98 Å². The highest BCUT2D eigenvalue weighted by atomic mass is 16.1. The van der Waals surface area contributed by atoms with Crippen LogP contribution in [0.1, 0.15) is 15.9 Å². The summed E-state index contributed by atoms with van der Waals surface area (Å²) in [6.07, 6.45) is 1.92. The van der Waals surface area contributed by atoms with Gasteiger partial charge in [0.2, 0.25) is 5.69 Å². The van der Waals surface area contributed by atoms with E-state index in [0.29, 0.717) is 11.3 Å². The molecule has 4 aromatic rings. The zero-order valence-electron chi connectivity index (χ0n) is 14.5. The van der Waals surface area contributed by atoms with Crippen LogP contribution in [-0.4, -0.2) is 28.1 Å². The van der Waals surface area contributed by atoms with E-state index >= 15 is 0 Å². The van der Waals surface area contributed by atoms with Crippen LogP contribution in [0.25, 0.3) is 10.9 Å². The van der Waals surface area contributed by atoms with E-state index in [1.54, 1.807) is 0 Å². The molecule has 1 N–H and O–H groups in total. The molecule has 0 unspecified atom stereocenters. The molecular weight excluding hydrogens is 320 g/mol. The molecule has 3 heteroatoms. The first-order chi connectivity index (χ1) is 12.8. The number of H-pyrrole nitrogens is 1. The smallest absolute Gasteiger partial charge is 0.263 e. The van der Waals surface area contributed by atoms with E-state index in [-0.39, 0.29) is 5.78 Å². The highest BCUT2D eigenvalue weighted by molar-refractivity contribution is 6.51. The summed E-state index contributed by atoms with van der Waals surface area (Å²) in [7, 11) is 1.94. The number of ketones is 1. The lowest BCUT2D eigenvalue weighted by atomic mass is 9.99. The average Bonchev–Trinajstić information content (AvgIpc) is 3.13. The molecule has 26 heavy (non-hydrogen) atoms. The van der Waals surface area contributed by atoms with Crippen molar-refractivity contribution in [3.05, 3.63) is 102 Å². The Balaban J connectivity index is 1.97. The van der Waals surface area contributed by atoms with Crippen LogP contribution in [0.4, 0.5) is 5.69 Å². The van der Waals surface area contributed by atoms with Crippen LogP contribution >= 0.6 is 0 Å². The number of hydrogen-bond acceptors (Lipinski definition) is 1. The van der Waals surface area contributed by atoms with Crippen molar-refractivity contribution in [3.63, 3.8) is 0 Å². The molecule has 1 aromatic heterocycles. The number of benzene rings is 3. The van der Waals surface area contributed by atoms with E-state index in [9.17, 15) is 4.79 Å². The van der Waals surface area contributed by atoms with E-state index in [0.717, 1.165) is 22.2 Å². The third-order valence-corrected chi connectivity index (χ3v) is 4.57. The Kier molecular flexibility index (Phi) is 4.20. The minimum absolute atomic E-state index is 0.00158. The Hall–Kier alpha value is -3.46. The van der Waals surface area contributed by atoms with Crippen LogP contribution in [-0.2, 0) is 0 Å². The van der Waals surface area contributed by atoms with Crippen molar-refractivity contribution in [2.75, 3.05) is 7.05 Å². The van der Waals surface area contributed by atoms with E-state index in [1.807, 2.05) is 103 Å².